The van der Waals surface area contributed by atoms with E-state index >= 15 is 0 Å². The van der Waals surface area contributed by atoms with Gasteiger partial charge in [0, 0.05) is 19.1 Å². The monoisotopic (exact) mass is 201 g/mol. The summed E-state index contributed by atoms with van der Waals surface area (Å²) in [5.74, 6) is 0.676. The van der Waals surface area contributed by atoms with E-state index in [0.29, 0.717) is 12.5 Å². The predicted octanol–water partition coefficient (Wildman–Crippen LogP) is 1.82. The fourth-order valence-corrected chi connectivity index (χ4v) is 0.864. The van der Waals surface area contributed by atoms with Gasteiger partial charge in [-0.05, 0) is 12.8 Å². The Bertz CT molecular complexity index is 167. The van der Waals surface area contributed by atoms with Gasteiger partial charge in [-0.25, -0.2) is 0 Å². The molecule has 0 rings (SSSR count). The number of amides is 1. The highest BCUT2D eigenvalue weighted by Crippen LogP contribution is 1.97. The summed E-state index contributed by atoms with van der Waals surface area (Å²) in [6, 6.07) is 0. The van der Waals surface area contributed by atoms with Crippen molar-refractivity contribution in [3.8, 4) is 0 Å². The smallest absolute Gasteiger partial charge is 0.222 e. The van der Waals surface area contributed by atoms with Gasteiger partial charge in [-0.3, -0.25) is 4.79 Å². The van der Waals surface area contributed by atoms with Crippen LogP contribution in [0.1, 0.15) is 34.6 Å². The minimum Gasteiger partial charge on any atom is -0.376 e. The molecule has 3 nitrogen and oxygen atoms in total. The number of carbonyl (C=O) groups is 1. The summed E-state index contributed by atoms with van der Waals surface area (Å²) in [7, 11) is 0. The van der Waals surface area contributed by atoms with E-state index in [4.69, 9.17) is 4.74 Å². The van der Waals surface area contributed by atoms with Crippen molar-refractivity contribution in [3.63, 3.8) is 0 Å². The Kier molecular flexibility index (Phi) is 6.54. The first-order chi connectivity index (χ1) is 6.43. The van der Waals surface area contributed by atoms with Crippen molar-refractivity contribution in [3.05, 3.63) is 0 Å². The third kappa shape index (κ3) is 6.89. The highest BCUT2D eigenvalue weighted by molar-refractivity contribution is 5.77. The molecule has 1 N–H and O–H groups in total. The summed E-state index contributed by atoms with van der Waals surface area (Å²) in [5.41, 5.74) is 0. The van der Waals surface area contributed by atoms with Gasteiger partial charge in [0.1, 0.15) is 0 Å². The van der Waals surface area contributed by atoms with E-state index in [1.165, 1.54) is 0 Å². The van der Waals surface area contributed by atoms with Crippen LogP contribution in [0.5, 0.6) is 0 Å². The van der Waals surface area contributed by atoms with E-state index in [9.17, 15) is 4.79 Å². The second-order valence-corrected chi connectivity index (χ2v) is 4.44. The van der Waals surface area contributed by atoms with Crippen LogP contribution in [0.3, 0.4) is 0 Å². The molecule has 0 aliphatic carbocycles. The molecule has 0 radical (unpaired) electrons. The van der Waals surface area contributed by atoms with E-state index in [1.54, 1.807) is 0 Å². The van der Waals surface area contributed by atoms with Crippen LogP contribution in [0.15, 0.2) is 0 Å². The molecule has 14 heavy (non-hydrogen) atoms. The Labute approximate surface area is 87.2 Å². The van der Waals surface area contributed by atoms with E-state index in [-0.39, 0.29) is 17.9 Å². The Morgan fingerprint density at radius 1 is 1.21 bits per heavy atom. The molecule has 0 bridgehead atoms. The molecule has 0 fully saturated rings. The normalized spacial score (nSPS) is 13.4. The molecule has 0 aliphatic rings. The van der Waals surface area contributed by atoms with Crippen LogP contribution in [0, 0.1) is 11.8 Å². The zero-order chi connectivity index (χ0) is 11.1. The van der Waals surface area contributed by atoms with Crippen LogP contribution in [0.2, 0.25) is 0 Å². The van der Waals surface area contributed by atoms with Gasteiger partial charge >= 0.3 is 0 Å². The highest BCUT2D eigenvalue weighted by atomic mass is 16.5. The summed E-state index contributed by atoms with van der Waals surface area (Å²) in [5, 5.41) is 2.84. The zero-order valence-electron chi connectivity index (χ0n) is 9.96. The maximum atomic E-state index is 11.2. The van der Waals surface area contributed by atoms with Crippen LogP contribution < -0.4 is 5.32 Å². The van der Waals surface area contributed by atoms with Gasteiger partial charge in [0.15, 0.2) is 0 Å². The molecule has 0 aliphatic heterocycles. The fourth-order valence-electron chi connectivity index (χ4n) is 0.864. The summed E-state index contributed by atoms with van der Waals surface area (Å²) in [4.78, 5) is 11.2. The number of hydrogen-bond donors (Lipinski definition) is 1. The van der Waals surface area contributed by atoms with Crippen molar-refractivity contribution in [2.24, 2.45) is 11.8 Å². The van der Waals surface area contributed by atoms with E-state index in [0.717, 1.165) is 6.61 Å². The zero-order valence-corrected chi connectivity index (χ0v) is 9.96. The third-order valence-electron chi connectivity index (χ3n) is 1.80. The molecule has 1 atom stereocenters. The molecule has 3 heteroatoms. The summed E-state index contributed by atoms with van der Waals surface area (Å²) >= 11 is 0. The Hall–Kier alpha value is -0.570. The lowest BCUT2D eigenvalue weighted by Gasteiger charge is -2.16. The van der Waals surface area contributed by atoms with Crippen molar-refractivity contribution < 1.29 is 9.53 Å². The average Bonchev–Trinajstić information content (AvgIpc) is 2.10. The SMILES string of the molecule is CC(C)COC(C)CNC(=O)C(C)C. The number of rotatable bonds is 6. The number of hydrogen-bond acceptors (Lipinski definition) is 2. The Morgan fingerprint density at radius 2 is 1.79 bits per heavy atom. The number of ether oxygens (including phenoxy) is 1. The van der Waals surface area contributed by atoms with Gasteiger partial charge in [-0.15, -0.1) is 0 Å². The lowest BCUT2D eigenvalue weighted by molar-refractivity contribution is -0.124. The fraction of sp³-hybridized carbons (Fsp3) is 0.909. The lowest BCUT2D eigenvalue weighted by atomic mass is 10.2. The van der Waals surface area contributed by atoms with Crippen LogP contribution in [-0.2, 0) is 9.53 Å². The molecule has 0 aromatic heterocycles. The van der Waals surface area contributed by atoms with Gasteiger partial charge < -0.3 is 10.1 Å². The van der Waals surface area contributed by atoms with E-state index in [1.807, 2.05) is 20.8 Å². The second-order valence-electron chi connectivity index (χ2n) is 4.44. The molecule has 0 saturated heterocycles. The number of nitrogens with one attached hydrogen (secondary N) is 1. The van der Waals surface area contributed by atoms with E-state index < -0.39 is 0 Å². The lowest BCUT2D eigenvalue weighted by Crippen LogP contribution is -2.35. The maximum absolute atomic E-state index is 11.2. The first-order valence-electron chi connectivity index (χ1n) is 5.32. The summed E-state index contributed by atoms with van der Waals surface area (Å²) in [6.07, 6.45) is 0.0973. The minimum absolute atomic E-state index is 0.0484. The maximum Gasteiger partial charge on any atom is 0.222 e. The second kappa shape index (κ2) is 6.82. The van der Waals surface area contributed by atoms with E-state index in [2.05, 4.69) is 19.2 Å². The first kappa shape index (κ1) is 13.4. The highest BCUT2D eigenvalue weighted by Gasteiger charge is 2.09. The molecule has 0 aromatic rings. The van der Waals surface area contributed by atoms with Gasteiger partial charge in [-0.1, -0.05) is 27.7 Å². The van der Waals surface area contributed by atoms with Crippen LogP contribution in [0.25, 0.3) is 0 Å². The van der Waals surface area contributed by atoms with Crippen molar-refractivity contribution >= 4 is 5.91 Å². The average molecular weight is 201 g/mol. The molecular weight excluding hydrogens is 178 g/mol. The van der Waals surface area contributed by atoms with Crippen molar-refractivity contribution in [1.29, 1.82) is 0 Å². The minimum atomic E-state index is 0.0484. The van der Waals surface area contributed by atoms with Crippen LogP contribution >= 0.6 is 0 Å². The standard InChI is InChI=1S/C11H23NO2/c1-8(2)7-14-10(5)6-12-11(13)9(3)4/h8-10H,6-7H2,1-5H3,(H,12,13). The molecule has 1 amide bonds. The van der Waals surface area contributed by atoms with Crippen molar-refractivity contribution in [2.75, 3.05) is 13.2 Å². The van der Waals surface area contributed by atoms with Crippen molar-refractivity contribution in [1.82, 2.24) is 5.32 Å². The third-order valence-corrected chi connectivity index (χ3v) is 1.80. The largest absolute Gasteiger partial charge is 0.376 e. The summed E-state index contributed by atoms with van der Waals surface area (Å²) < 4.78 is 5.52. The Balaban J connectivity index is 3.53. The summed E-state index contributed by atoms with van der Waals surface area (Å²) in [6.45, 7) is 11.3. The first-order valence-corrected chi connectivity index (χ1v) is 5.32. The Morgan fingerprint density at radius 3 is 2.21 bits per heavy atom. The number of carbonyl (C=O) groups excluding carboxylic acids is 1. The molecule has 84 valence electrons. The molecule has 0 saturated carbocycles. The quantitative estimate of drug-likeness (QED) is 0.712. The topological polar surface area (TPSA) is 38.3 Å². The molecule has 1 unspecified atom stereocenters. The van der Waals surface area contributed by atoms with Crippen LogP contribution in [0.4, 0.5) is 0 Å². The van der Waals surface area contributed by atoms with Gasteiger partial charge in [0.2, 0.25) is 5.91 Å². The van der Waals surface area contributed by atoms with Gasteiger partial charge in [0.05, 0.1) is 6.10 Å². The van der Waals surface area contributed by atoms with Gasteiger partial charge in [-0.2, -0.15) is 0 Å². The van der Waals surface area contributed by atoms with Gasteiger partial charge in [0.25, 0.3) is 0 Å². The molecule has 0 heterocycles. The van der Waals surface area contributed by atoms with Crippen molar-refractivity contribution in [2.45, 2.75) is 40.7 Å². The molecular formula is C11H23NO2. The van der Waals surface area contributed by atoms with Crippen LogP contribution in [-0.4, -0.2) is 25.2 Å². The molecule has 0 aromatic carbocycles. The predicted molar refractivity (Wildman–Crippen MR) is 58.1 cm³/mol. The molecule has 0 spiro atoms.